The number of anilines is 2. The van der Waals surface area contributed by atoms with Gasteiger partial charge in [-0.2, -0.15) is 0 Å². The number of phenolic OH excluding ortho intramolecular Hbond substituents is 1. The van der Waals surface area contributed by atoms with E-state index >= 15 is 0 Å². The molecule has 0 radical (unpaired) electrons. The van der Waals surface area contributed by atoms with Crippen LogP contribution in [0.25, 0.3) is 0 Å². The second-order valence-electron chi connectivity index (χ2n) is 26.9. The van der Waals surface area contributed by atoms with Crippen LogP contribution in [-0.4, -0.2) is 238 Å². The number of carbonyl (C=O) groups excluding carboxylic acids is 7. The fourth-order valence-electron chi connectivity index (χ4n) is 9.84. The van der Waals surface area contributed by atoms with Crippen molar-refractivity contribution in [2.45, 2.75) is 90.0 Å². The lowest BCUT2D eigenvalue weighted by Gasteiger charge is -2.16. The molecule has 0 aromatic heterocycles. The summed E-state index contributed by atoms with van der Waals surface area (Å²) in [5, 5.41) is 9.35. The first-order chi connectivity index (χ1) is 56.3. The fourth-order valence-corrected chi connectivity index (χ4v) is 11.9. The van der Waals surface area contributed by atoms with Crippen molar-refractivity contribution in [3.05, 3.63) is 227 Å². The van der Waals surface area contributed by atoms with Crippen molar-refractivity contribution in [3.63, 3.8) is 0 Å². The molecule has 7 aromatic rings. The van der Waals surface area contributed by atoms with E-state index in [-0.39, 0.29) is 22.6 Å². The van der Waals surface area contributed by atoms with E-state index in [9.17, 15) is 129 Å². The average molecular weight is 1860 g/mol. The molecule has 7 aromatic carbocycles. The molecular weight excluding hydrogens is 1770 g/mol. The number of ether oxygens (including phenoxy) is 7. The van der Waals surface area contributed by atoms with Gasteiger partial charge in [-0.15, -0.1) is 0 Å². The first kappa shape index (κ1) is 111. The summed E-state index contributed by atoms with van der Waals surface area (Å²) in [4.78, 5) is 83.0. The van der Waals surface area contributed by atoms with E-state index in [1.165, 1.54) is 24.3 Å². The maximum atomic E-state index is 11.8. The van der Waals surface area contributed by atoms with Gasteiger partial charge in [-0.05, 0) is 206 Å². The molecule has 3 N–H and O–H groups in total. The summed E-state index contributed by atoms with van der Waals surface area (Å²) in [7, 11) is -26.8. The lowest BCUT2D eigenvalue weighted by atomic mass is 10.00. The molecule has 0 saturated carbocycles. The normalized spacial score (nSPS) is 11.2. The van der Waals surface area contributed by atoms with E-state index in [2.05, 4.69) is 9.47 Å². The Morgan fingerprint density at radius 1 is 0.301 bits per heavy atom. The molecule has 7 rings (SSSR count). The van der Waals surface area contributed by atoms with Crippen molar-refractivity contribution in [1.29, 1.82) is 0 Å². The minimum absolute atomic E-state index is 0.0594. The third kappa shape index (κ3) is 47.2. The number of carbonyl (C=O) groups is 7. The lowest BCUT2D eigenvalue weighted by Crippen LogP contribution is -2.16. The number of hydrogen-bond acceptors (Lipinski definition) is 38. The summed E-state index contributed by atoms with van der Waals surface area (Å²) < 4.78 is 250. The van der Waals surface area contributed by atoms with E-state index in [1.54, 1.807) is 109 Å². The summed E-state index contributed by atoms with van der Waals surface area (Å²) in [6, 6.07) is 31.7. The van der Waals surface area contributed by atoms with Gasteiger partial charge in [-0.3, -0.25) is 0 Å². The van der Waals surface area contributed by atoms with Crippen molar-refractivity contribution in [1.82, 2.24) is 0 Å². The predicted octanol–water partition coefficient (Wildman–Crippen LogP) is 6.08. The van der Waals surface area contributed by atoms with Gasteiger partial charge in [0, 0.05) is 25.5 Å². The Morgan fingerprint density at radius 3 is 1.01 bits per heavy atom. The molecule has 0 aliphatic heterocycles. The van der Waals surface area contributed by atoms with Crippen LogP contribution in [0.3, 0.4) is 0 Å². The molecule has 38 nitrogen and oxygen atoms in total. The van der Waals surface area contributed by atoms with Crippen LogP contribution in [0.5, 0.6) is 5.75 Å². The Labute approximate surface area is 715 Å². The number of phenols is 1. The maximum absolute atomic E-state index is 11.8. The van der Waals surface area contributed by atoms with Gasteiger partial charge >= 0.3 is 41.8 Å². The molecule has 123 heavy (non-hydrogen) atoms. The SMILES string of the molecule is Cc1cc(C(=O)OCCS(=O)(=O)[O-])ccc1N(C)C.Cc1cc(C)c(C(=O)OCCS(=O)(=O)[O-])c(C)c1.Cc1cc(C)c(C)c(C(=O)OCCS(=O)(=O)[O-])c1.Cc1ccc(C(=O)OCCS(=O)(=O)[O-])c(C)c1.Cc1ccc(C(=O)OCCS(=O)(=O)[O-])cc1O.Cc1ccc(N)c(C(=O)OCCS(=O)(=O)[O-])c1.Cc1cccc(C(=O)OCCS(=O)(=O)[O-])c1C. The van der Waals surface area contributed by atoms with Gasteiger partial charge in [-0.1, -0.05) is 71.3 Å². The minimum atomic E-state index is -4.39. The van der Waals surface area contributed by atoms with Crippen molar-refractivity contribution < 1.29 is 163 Å². The standard InChI is InChI=1S/C12H17NO5S.2C12H16O5S.2C11H14O5S.C10H13NO5S.C10H12O6S/c1-9-8-10(4-5-11(9)13(2)3)12(14)18-6-7-19(15,16)17;1-8-6-9(2)10(3)11(7-8)12(13)17-4-5-18(14,15)16;1-8-6-9(2)11(10(3)7-8)12(13)17-4-5-18(14,15)16;1-8-3-4-10(9(2)7-8)11(12)16-5-6-17(13,14)15;1-8-4-3-5-10(9(8)2)11(12)16-6-7-17(13,14)15;1-7-2-3-9(11)8(6-7)10(12)16-4-5-17(13,14)15;1-7-2-3-8(6-9(7)11)10(12)16-4-5-17(13,14)15/h4-5,8H,6-7H2,1-3H3,(H,15,16,17);2*6-7H,4-5H2,1-3H3,(H,14,15,16);3-4,7H,5-6H2,1-2H3,(H,13,14,15);3-5H,6-7H2,1-2H3,(H,13,14,15);2-3,6H,4-5,11H2,1H3,(H,13,14,15);2-3,6,11H,4-5H2,1H3,(H,13,14,15)/p-7. The van der Waals surface area contributed by atoms with Gasteiger partial charge in [0.2, 0.25) is 0 Å². The third-order valence-corrected chi connectivity index (χ3v) is 20.8. The summed E-state index contributed by atoms with van der Waals surface area (Å²) in [5.41, 5.74) is 20.0. The van der Waals surface area contributed by atoms with E-state index in [4.69, 9.17) is 29.4 Å². The molecule has 0 unspecified atom stereocenters. The Balaban J connectivity index is 0.000000718. The highest BCUT2D eigenvalue weighted by atomic mass is 32.2. The first-order valence-electron chi connectivity index (χ1n) is 35.8. The summed E-state index contributed by atoms with van der Waals surface area (Å²) in [6.07, 6.45) is 0. The monoisotopic (exact) mass is 1860 g/mol. The van der Waals surface area contributed by atoms with Gasteiger partial charge in [0.25, 0.3) is 0 Å². The number of benzene rings is 7. The van der Waals surface area contributed by atoms with Crippen LogP contribution in [0.2, 0.25) is 0 Å². The Morgan fingerprint density at radius 2 is 0.618 bits per heavy atom. The number of nitrogens with zero attached hydrogens (tertiary/aromatic N) is 1. The highest BCUT2D eigenvalue weighted by Crippen LogP contribution is 2.23. The van der Waals surface area contributed by atoms with Crippen molar-refractivity contribution >= 4 is 124 Å². The molecule has 0 amide bonds. The predicted molar refractivity (Wildman–Crippen MR) is 441 cm³/mol. The zero-order valence-corrected chi connectivity index (χ0v) is 75.2. The molecule has 0 saturated heterocycles. The van der Waals surface area contributed by atoms with Crippen LogP contribution in [0.1, 0.15) is 145 Å². The summed E-state index contributed by atoms with van der Waals surface area (Å²) in [6.45, 7) is 20.5. The molecule has 0 heterocycles. The van der Waals surface area contributed by atoms with E-state index < -0.39 is 199 Å². The Hall–Kier alpha value is -10.4. The molecule has 0 atom stereocenters. The number of nitrogen functional groups attached to an aromatic ring is 1. The molecular formula is C78H95N2O36S7-7. The van der Waals surface area contributed by atoms with Gasteiger partial charge < -0.3 is 80.8 Å². The average Bonchev–Trinajstić information content (AvgIpc) is 0.837. The minimum Gasteiger partial charge on any atom is -0.748 e. The highest BCUT2D eigenvalue weighted by molar-refractivity contribution is 7.87. The number of hydrogen-bond donors (Lipinski definition) is 2. The number of nitrogens with two attached hydrogens (primary N) is 1. The topological polar surface area (TPSA) is 634 Å². The van der Waals surface area contributed by atoms with E-state index in [1.807, 2.05) is 90.9 Å². The molecule has 0 fully saturated rings. The number of aryl methyl sites for hydroxylation is 11. The summed E-state index contributed by atoms with van der Waals surface area (Å²) >= 11 is 0. The van der Waals surface area contributed by atoms with Crippen molar-refractivity contribution in [2.24, 2.45) is 0 Å². The zero-order chi connectivity index (χ0) is 94.7. The quantitative estimate of drug-likeness (QED) is 0.0232. The number of esters is 7. The van der Waals surface area contributed by atoms with E-state index in [0.29, 0.717) is 33.4 Å². The molecule has 0 bridgehead atoms. The number of aromatic hydroxyl groups is 1. The Kier molecular flexibility index (Phi) is 45.3. The zero-order valence-electron chi connectivity index (χ0n) is 69.5. The van der Waals surface area contributed by atoms with Gasteiger partial charge in [0.05, 0.1) is 150 Å². The molecule has 0 spiro atoms. The Bertz CT molecular complexity index is 5660. The van der Waals surface area contributed by atoms with Gasteiger partial charge in [-0.25, -0.2) is 92.5 Å². The van der Waals surface area contributed by atoms with Gasteiger partial charge in [0.1, 0.15) is 52.0 Å². The summed E-state index contributed by atoms with van der Waals surface area (Å²) in [5.74, 6) is -9.73. The van der Waals surface area contributed by atoms with E-state index in [0.717, 1.165) is 72.4 Å². The molecule has 0 aliphatic carbocycles. The smallest absolute Gasteiger partial charge is 0.340 e. The largest absolute Gasteiger partial charge is 0.748 e. The third-order valence-electron chi connectivity index (χ3n) is 16.1. The van der Waals surface area contributed by atoms with Crippen LogP contribution in [0.15, 0.2) is 115 Å². The van der Waals surface area contributed by atoms with Gasteiger partial charge in [0.15, 0.2) is 0 Å². The van der Waals surface area contributed by atoms with Crippen LogP contribution in [0.4, 0.5) is 11.4 Å². The maximum Gasteiger partial charge on any atom is 0.340 e. The van der Waals surface area contributed by atoms with Crippen molar-refractivity contribution in [3.8, 4) is 5.75 Å². The second kappa shape index (κ2) is 50.4. The van der Waals surface area contributed by atoms with Crippen LogP contribution < -0.4 is 10.6 Å². The van der Waals surface area contributed by atoms with Crippen LogP contribution in [0, 0.1) is 90.0 Å². The second-order valence-corrected chi connectivity index (χ2v) is 37.5. The molecule has 45 heteroatoms. The van der Waals surface area contributed by atoms with Crippen LogP contribution >= 0.6 is 0 Å². The number of rotatable bonds is 29. The van der Waals surface area contributed by atoms with Crippen molar-refractivity contribution in [2.75, 3.05) is 111 Å². The molecule has 682 valence electrons. The van der Waals surface area contributed by atoms with Crippen LogP contribution in [-0.2, 0) is 104 Å². The molecule has 0 aliphatic rings. The lowest BCUT2D eigenvalue weighted by molar-refractivity contribution is 0.0516. The fraction of sp³-hybridized carbons (Fsp3) is 0.372. The highest BCUT2D eigenvalue weighted by Gasteiger charge is 2.19. The first-order valence-corrected chi connectivity index (χ1v) is 46.8.